The summed E-state index contributed by atoms with van der Waals surface area (Å²) >= 11 is 10.8. The average molecular weight is 349 g/mol. The van der Waals surface area contributed by atoms with E-state index in [9.17, 15) is 4.39 Å². The van der Waals surface area contributed by atoms with Crippen molar-refractivity contribution in [1.82, 2.24) is 0 Å². The van der Waals surface area contributed by atoms with Crippen LogP contribution in [0.1, 0.15) is 5.56 Å². The molecule has 60 valence electrons. The molecule has 0 nitrogen and oxygen atoms in total. The van der Waals surface area contributed by atoms with E-state index in [1.807, 2.05) is 0 Å². The Morgan fingerprint density at radius 1 is 1.55 bits per heavy atom. The van der Waals surface area contributed by atoms with Crippen molar-refractivity contribution in [2.45, 2.75) is 5.88 Å². The summed E-state index contributed by atoms with van der Waals surface area (Å²) in [7, 11) is 0. The van der Waals surface area contributed by atoms with Crippen LogP contribution in [0, 0.1) is 9.39 Å². The van der Waals surface area contributed by atoms with E-state index in [0.29, 0.717) is 5.56 Å². The van der Waals surface area contributed by atoms with Crippen molar-refractivity contribution in [1.29, 1.82) is 0 Å². The fourth-order valence-electron chi connectivity index (χ4n) is 0.666. The maximum absolute atomic E-state index is 12.9. The van der Waals surface area contributed by atoms with Crippen molar-refractivity contribution in [3.8, 4) is 0 Å². The molecule has 0 bridgehead atoms. The van der Waals surface area contributed by atoms with Gasteiger partial charge in [-0.1, -0.05) is 0 Å². The van der Waals surface area contributed by atoms with Gasteiger partial charge in [0.25, 0.3) is 0 Å². The molecule has 11 heavy (non-hydrogen) atoms. The van der Waals surface area contributed by atoms with Gasteiger partial charge in [-0.25, -0.2) is 4.39 Å². The van der Waals surface area contributed by atoms with Gasteiger partial charge in [0.2, 0.25) is 0 Å². The maximum Gasteiger partial charge on any atom is 0.128 e. The van der Waals surface area contributed by atoms with Gasteiger partial charge in [-0.15, -0.1) is 11.6 Å². The Morgan fingerprint density at radius 2 is 2.18 bits per heavy atom. The minimum Gasteiger partial charge on any atom is -0.207 e. The van der Waals surface area contributed by atoms with Crippen molar-refractivity contribution < 1.29 is 4.39 Å². The molecule has 0 aliphatic heterocycles. The Hall–Kier alpha value is 0.650. The van der Waals surface area contributed by atoms with E-state index >= 15 is 0 Å². The van der Waals surface area contributed by atoms with Crippen LogP contribution in [-0.2, 0) is 5.88 Å². The molecule has 0 aliphatic rings. The first kappa shape index (κ1) is 9.74. The number of rotatable bonds is 1. The molecular formula is C7H4BrClFI. The van der Waals surface area contributed by atoms with Gasteiger partial charge in [-0.2, -0.15) is 0 Å². The fraction of sp³-hybridized carbons (Fsp3) is 0.143. The summed E-state index contributed by atoms with van der Waals surface area (Å²) in [4.78, 5) is 0. The van der Waals surface area contributed by atoms with E-state index in [-0.39, 0.29) is 11.7 Å². The molecular weight excluding hydrogens is 345 g/mol. The molecule has 0 amide bonds. The third kappa shape index (κ3) is 2.29. The highest BCUT2D eigenvalue weighted by molar-refractivity contribution is 14.1. The second-order valence-electron chi connectivity index (χ2n) is 1.99. The summed E-state index contributed by atoms with van der Waals surface area (Å²) in [5.41, 5.74) is 0.541. The van der Waals surface area contributed by atoms with Crippen molar-refractivity contribution in [2.75, 3.05) is 0 Å². The Labute approximate surface area is 91.4 Å². The standard InChI is InChI=1S/C7H4BrClFI/c8-5-2-6(10)4(3-9)1-7(5)11/h1-2H,3H2. The molecule has 0 N–H and O–H groups in total. The normalized spacial score (nSPS) is 10.2. The quantitative estimate of drug-likeness (QED) is 0.409. The minimum absolute atomic E-state index is 0.217. The summed E-state index contributed by atoms with van der Waals surface area (Å²) in [6.45, 7) is 0. The molecule has 0 atom stereocenters. The van der Waals surface area contributed by atoms with Gasteiger partial charge in [0, 0.05) is 13.6 Å². The van der Waals surface area contributed by atoms with Gasteiger partial charge >= 0.3 is 0 Å². The highest BCUT2D eigenvalue weighted by Gasteiger charge is 2.04. The van der Waals surface area contributed by atoms with Crippen LogP contribution in [0.5, 0.6) is 0 Å². The molecule has 0 spiro atoms. The zero-order valence-corrected chi connectivity index (χ0v) is 9.87. The molecule has 4 heteroatoms. The van der Waals surface area contributed by atoms with Crippen LogP contribution in [0.4, 0.5) is 4.39 Å². The van der Waals surface area contributed by atoms with E-state index in [1.165, 1.54) is 6.07 Å². The third-order valence-corrected chi connectivity index (χ3v) is 3.81. The second-order valence-corrected chi connectivity index (χ2v) is 4.28. The van der Waals surface area contributed by atoms with E-state index in [2.05, 4.69) is 38.5 Å². The predicted molar refractivity (Wildman–Crippen MR) is 56.4 cm³/mol. The molecule has 0 aliphatic carbocycles. The van der Waals surface area contributed by atoms with Gasteiger partial charge in [0.1, 0.15) is 5.82 Å². The van der Waals surface area contributed by atoms with Gasteiger partial charge in [-0.05, 0) is 50.7 Å². The van der Waals surface area contributed by atoms with Crippen molar-refractivity contribution >= 4 is 50.1 Å². The number of benzene rings is 1. The van der Waals surface area contributed by atoms with E-state index < -0.39 is 0 Å². The van der Waals surface area contributed by atoms with E-state index in [1.54, 1.807) is 6.07 Å². The van der Waals surface area contributed by atoms with E-state index in [4.69, 9.17) is 11.6 Å². The van der Waals surface area contributed by atoms with Gasteiger partial charge in [0.15, 0.2) is 0 Å². The average Bonchev–Trinajstić information content (AvgIpc) is 1.97. The molecule has 0 aromatic heterocycles. The lowest BCUT2D eigenvalue weighted by molar-refractivity contribution is 0.615. The topological polar surface area (TPSA) is 0 Å². The molecule has 0 fully saturated rings. The lowest BCUT2D eigenvalue weighted by Crippen LogP contribution is -1.88. The summed E-state index contributed by atoms with van der Waals surface area (Å²) in [5, 5.41) is 0. The largest absolute Gasteiger partial charge is 0.207 e. The molecule has 0 unspecified atom stereocenters. The number of halogens is 4. The highest BCUT2D eigenvalue weighted by atomic mass is 127. The number of hydrogen-bond donors (Lipinski definition) is 0. The van der Waals surface area contributed by atoms with Crippen molar-refractivity contribution in [3.05, 3.63) is 31.6 Å². The van der Waals surface area contributed by atoms with E-state index in [0.717, 1.165) is 8.04 Å². The first-order valence-corrected chi connectivity index (χ1v) is 5.25. The van der Waals surface area contributed by atoms with Crippen LogP contribution in [0.2, 0.25) is 0 Å². The lowest BCUT2D eigenvalue weighted by Gasteiger charge is -2.00. The van der Waals surface area contributed by atoms with Crippen LogP contribution >= 0.6 is 50.1 Å². The van der Waals surface area contributed by atoms with Crippen LogP contribution in [0.25, 0.3) is 0 Å². The molecule has 0 saturated carbocycles. The molecule has 0 radical (unpaired) electrons. The fourth-order valence-corrected chi connectivity index (χ4v) is 1.72. The van der Waals surface area contributed by atoms with Gasteiger partial charge < -0.3 is 0 Å². The SMILES string of the molecule is Fc1cc(Br)c(I)cc1CCl. The Morgan fingerprint density at radius 3 is 2.73 bits per heavy atom. The van der Waals surface area contributed by atoms with Crippen LogP contribution in [-0.4, -0.2) is 0 Å². The summed E-state index contributed by atoms with van der Waals surface area (Å²) in [5.74, 6) is -0.0398. The Bertz CT molecular complexity index is 277. The molecule has 1 rings (SSSR count). The summed E-state index contributed by atoms with van der Waals surface area (Å²) < 4.78 is 14.7. The number of hydrogen-bond acceptors (Lipinski definition) is 0. The van der Waals surface area contributed by atoms with Gasteiger partial charge in [-0.3, -0.25) is 0 Å². The monoisotopic (exact) mass is 348 g/mol. The Balaban J connectivity index is 3.21. The summed E-state index contributed by atoms with van der Waals surface area (Å²) in [6.07, 6.45) is 0. The second kappa shape index (κ2) is 4.05. The zero-order chi connectivity index (χ0) is 8.43. The van der Waals surface area contributed by atoms with Crippen molar-refractivity contribution in [3.63, 3.8) is 0 Å². The zero-order valence-electron chi connectivity index (χ0n) is 5.37. The van der Waals surface area contributed by atoms with Crippen LogP contribution < -0.4 is 0 Å². The summed E-state index contributed by atoms with van der Waals surface area (Å²) in [6, 6.07) is 3.16. The first-order valence-electron chi connectivity index (χ1n) is 2.84. The first-order chi connectivity index (χ1) is 5.15. The third-order valence-electron chi connectivity index (χ3n) is 1.23. The predicted octanol–water partition coefficient (Wildman–Crippen LogP) is 3.93. The highest BCUT2D eigenvalue weighted by Crippen LogP contribution is 2.23. The maximum atomic E-state index is 12.9. The molecule has 0 heterocycles. The lowest BCUT2D eigenvalue weighted by atomic mass is 10.2. The number of alkyl halides is 1. The van der Waals surface area contributed by atoms with Crippen molar-refractivity contribution in [2.24, 2.45) is 0 Å². The molecule has 1 aromatic carbocycles. The van der Waals surface area contributed by atoms with Crippen LogP contribution in [0.3, 0.4) is 0 Å². The minimum atomic E-state index is -0.257. The molecule has 0 saturated heterocycles. The van der Waals surface area contributed by atoms with Gasteiger partial charge in [0.05, 0.1) is 5.88 Å². The van der Waals surface area contributed by atoms with Crippen LogP contribution in [0.15, 0.2) is 16.6 Å². The molecule has 1 aromatic rings. The smallest absolute Gasteiger partial charge is 0.128 e. The Kier molecular flexibility index (Phi) is 3.58.